The number of carbonyl (C=O) groups is 1. The van der Waals surface area contributed by atoms with Gasteiger partial charge >= 0.3 is 0 Å². The van der Waals surface area contributed by atoms with E-state index in [1.807, 2.05) is 37.8 Å². The van der Waals surface area contributed by atoms with Crippen LogP contribution in [0.1, 0.15) is 38.9 Å². The van der Waals surface area contributed by atoms with Crippen LogP contribution in [0.4, 0.5) is 5.69 Å². The molecule has 25 heavy (non-hydrogen) atoms. The number of hydrogen-bond acceptors (Lipinski definition) is 6. The first-order chi connectivity index (χ1) is 11.9. The fourth-order valence-corrected chi connectivity index (χ4v) is 2.80. The van der Waals surface area contributed by atoms with Crippen molar-refractivity contribution < 1.29 is 9.32 Å². The van der Waals surface area contributed by atoms with Crippen LogP contribution in [-0.4, -0.2) is 52.1 Å². The summed E-state index contributed by atoms with van der Waals surface area (Å²) >= 11 is 0. The zero-order valence-electron chi connectivity index (χ0n) is 15.1. The van der Waals surface area contributed by atoms with Crippen molar-refractivity contribution in [3.8, 4) is 0 Å². The third-order valence-electron chi connectivity index (χ3n) is 4.35. The number of aromatic nitrogens is 3. The summed E-state index contributed by atoms with van der Waals surface area (Å²) in [6.07, 6.45) is 4.49. The summed E-state index contributed by atoms with van der Waals surface area (Å²) in [5, 5.41) is 4.00. The molecule has 0 aliphatic carbocycles. The molecule has 0 saturated carbocycles. The van der Waals surface area contributed by atoms with Gasteiger partial charge in [0.1, 0.15) is 0 Å². The van der Waals surface area contributed by atoms with Crippen LogP contribution in [-0.2, 0) is 16.6 Å². The number of carbonyl (C=O) groups excluding carboxylic acids is 1. The lowest BCUT2D eigenvalue weighted by atomic mass is 9.96. The molecule has 0 spiro atoms. The molecule has 1 aliphatic heterocycles. The highest BCUT2D eigenvalue weighted by atomic mass is 16.5. The lowest BCUT2D eigenvalue weighted by molar-refractivity contribution is -0.131. The summed E-state index contributed by atoms with van der Waals surface area (Å²) in [4.78, 5) is 25.0. The zero-order chi connectivity index (χ0) is 17.9. The highest BCUT2D eigenvalue weighted by Gasteiger charge is 2.23. The summed E-state index contributed by atoms with van der Waals surface area (Å²) in [5.41, 5.74) is 1.01. The second-order valence-corrected chi connectivity index (χ2v) is 7.33. The molecule has 3 rings (SSSR count). The molecule has 0 atom stereocenters. The fourth-order valence-electron chi connectivity index (χ4n) is 2.80. The summed E-state index contributed by atoms with van der Waals surface area (Å²) < 4.78 is 5.26. The van der Waals surface area contributed by atoms with Crippen LogP contribution >= 0.6 is 0 Å². The molecule has 0 aromatic carbocycles. The number of pyridine rings is 1. The molecule has 1 aliphatic rings. The van der Waals surface area contributed by atoms with Gasteiger partial charge in [0, 0.05) is 62.5 Å². The summed E-state index contributed by atoms with van der Waals surface area (Å²) in [5.74, 6) is 1.36. The molecule has 7 nitrogen and oxygen atoms in total. The first kappa shape index (κ1) is 17.4. The molecule has 2 aromatic heterocycles. The lowest BCUT2D eigenvalue weighted by Crippen LogP contribution is -2.48. The maximum Gasteiger partial charge on any atom is 0.227 e. The van der Waals surface area contributed by atoms with Crippen molar-refractivity contribution in [1.29, 1.82) is 0 Å². The van der Waals surface area contributed by atoms with Crippen molar-refractivity contribution in [3.05, 3.63) is 36.2 Å². The van der Waals surface area contributed by atoms with Gasteiger partial charge in [-0.3, -0.25) is 9.78 Å². The van der Waals surface area contributed by atoms with Crippen molar-refractivity contribution in [3.63, 3.8) is 0 Å². The van der Waals surface area contributed by atoms with Crippen molar-refractivity contribution >= 4 is 11.6 Å². The lowest BCUT2D eigenvalue weighted by Gasteiger charge is -2.36. The summed E-state index contributed by atoms with van der Waals surface area (Å²) in [6, 6.07) is 4.00. The Morgan fingerprint density at radius 1 is 1.16 bits per heavy atom. The molecule has 0 bridgehead atoms. The van der Waals surface area contributed by atoms with Crippen LogP contribution in [0.15, 0.2) is 29.0 Å². The number of rotatable bonds is 4. The van der Waals surface area contributed by atoms with Gasteiger partial charge in [0.25, 0.3) is 0 Å². The van der Waals surface area contributed by atoms with Gasteiger partial charge in [0.05, 0.1) is 0 Å². The Balaban J connectivity index is 1.47. The van der Waals surface area contributed by atoms with Crippen LogP contribution in [0.25, 0.3) is 0 Å². The zero-order valence-corrected chi connectivity index (χ0v) is 15.1. The molecule has 1 saturated heterocycles. The summed E-state index contributed by atoms with van der Waals surface area (Å²) in [7, 11) is 0. The molecule has 1 fully saturated rings. The maximum absolute atomic E-state index is 12.4. The van der Waals surface area contributed by atoms with Gasteiger partial charge in [-0.2, -0.15) is 4.98 Å². The SMILES string of the molecule is CC(C)(C)c1noc(CCC(=O)N2CCN(c3ccncc3)CC2)n1. The summed E-state index contributed by atoms with van der Waals surface area (Å²) in [6.45, 7) is 9.25. The van der Waals surface area contributed by atoms with E-state index in [9.17, 15) is 4.79 Å². The van der Waals surface area contributed by atoms with E-state index >= 15 is 0 Å². The van der Waals surface area contributed by atoms with E-state index in [0.717, 1.165) is 31.9 Å². The van der Waals surface area contributed by atoms with Crippen LogP contribution in [0, 0.1) is 0 Å². The molecular weight excluding hydrogens is 318 g/mol. The van der Waals surface area contributed by atoms with E-state index in [2.05, 4.69) is 20.0 Å². The minimum Gasteiger partial charge on any atom is -0.368 e. The molecule has 7 heteroatoms. The Labute approximate surface area is 148 Å². The maximum atomic E-state index is 12.4. The third kappa shape index (κ3) is 4.35. The minimum absolute atomic E-state index is 0.143. The third-order valence-corrected chi connectivity index (χ3v) is 4.35. The van der Waals surface area contributed by atoms with Crippen LogP contribution in [0.2, 0.25) is 0 Å². The van der Waals surface area contributed by atoms with Crippen LogP contribution < -0.4 is 4.90 Å². The van der Waals surface area contributed by atoms with Crippen LogP contribution in [0.5, 0.6) is 0 Å². The number of aryl methyl sites for hydroxylation is 1. The Hall–Kier alpha value is -2.44. The number of piperazine rings is 1. The van der Waals surface area contributed by atoms with Crippen molar-refractivity contribution in [1.82, 2.24) is 20.0 Å². The first-order valence-electron chi connectivity index (χ1n) is 8.69. The number of nitrogens with zero attached hydrogens (tertiary/aromatic N) is 5. The molecule has 3 heterocycles. The standard InChI is InChI=1S/C18H25N5O2/c1-18(2,3)17-20-15(25-21-17)4-5-16(24)23-12-10-22(11-13-23)14-6-8-19-9-7-14/h6-9H,4-5,10-13H2,1-3H3. The van der Waals surface area contributed by atoms with Gasteiger partial charge in [-0.25, -0.2) is 0 Å². The number of anilines is 1. The minimum atomic E-state index is -0.144. The predicted molar refractivity (Wildman–Crippen MR) is 94.3 cm³/mol. The van der Waals surface area contributed by atoms with E-state index in [1.165, 1.54) is 0 Å². The van der Waals surface area contributed by atoms with Gasteiger partial charge in [0.15, 0.2) is 5.82 Å². The van der Waals surface area contributed by atoms with Crippen LogP contribution in [0.3, 0.4) is 0 Å². The normalized spacial score (nSPS) is 15.5. The Kier molecular flexibility index (Phi) is 5.01. The molecule has 1 amide bonds. The quantitative estimate of drug-likeness (QED) is 0.846. The first-order valence-corrected chi connectivity index (χ1v) is 8.69. The fraction of sp³-hybridized carbons (Fsp3) is 0.556. The molecule has 0 N–H and O–H groups in total. The molecule has 0 unspecified atom stereocenters. The largest absolute Gasteiger partial charge is 0.368 e. The van der Waals surface area contributed by atoms with E-state index in [1.54, 1.807) is 12.4 Å². The average Bonchev–Trinajstić information content (AvgIpc) is 3.10. The van der Waals surface area contributed by atoms with Crippen molar-refractivity contribution in [2.24, 2.45) is 0 Å². The van der Waals surface area contributed by atoms with Gasteiger partial charge in [-0.1, -0.05) is 25.9 Å². The second-order valence-electron chi connectivity index (χ2n) is 7.33. The van der Waals surface area contributed by atoms with Gasteiger partial charge in [-0.05, 0) is 12.1 Å². The van der Waals surface area contributed by atoms with E-state index in [4.69, 9.17) is 4.52 Å². The van der Waals surface area contributed by atoms with E-state index in [-0.39, 0.29) is 11.3 Å². The molecule has 2 aromatic rings. The monoisotopic (exact) mass is 343 g/mol. The number of amides is 1. The Morgan fingerprint density at radius 3 is 2.44 bits per heavy atom. The van der Waals surface area contributed by atoms with Gasteiger partial charge in [-0.15, -0.1) is 0 Å². The molecular formula is C18H25N5O2. The Morgan fingerprint density at radius 2 is 1.84 bits per heavy atom. The number of hydrogen-bond donors (Lipinski definition) is 0. The second kappa shape index (κ2) is 7.21. The van der Waals surface area contributed by atoms with Gasteiger partial charge < -0.3 is 14.3 Å². The highest BCUT2D eigenvalue weighted by Crippen LogP contribution is 2.19. The van der Waals surface area contributed by atoms with E-state index in [0.29, 0.717) is 24.6 Å². The van der Waals surface area contributed by atoms with Crippen molar-refractivity contribution in [2.75, 3.05) is 31.1 Å². The molecule has 134 valence electrons. The van der Waals surface area contributed by atoms with E-state index < -0.39 is 0 Å². The Bertz CT molecular complexity index is 700. The predicted octanol–water partition coefficient (Wildman–Crippen LogP) is 2.04. The smallest absolute Gasteiger partial charge is 0.227 e. The van der Waals surface area contributed by atoms with Crippen molar-refractivity contribution in [2.45, 2.75) is 39.0 Å². The average molecular weight is 343 g/mol. The molecule has 0 radical (unpaired) electrons. The topological polar surface area (TPSA) is 75.4 Å². The van der Waals surface area contributed by atoms with Gasteiger partial charge in [0.2, 0.25) is 11.8 Å². The highest BCUT2D eigenvalue weighted by molar-refractivity contribution is 5.76.